The van der Waals surface area contributed by atoms with Gasteiger partial charge in [-0.25, -0.2) is 0 Å². The molecule has 0 aromatic heterocycles. The van der Waals surface area contributed by atoms with Crippen molar-refractivity contribution in [3.8, 4) is 5.75 Å². The summed E-state index contributed by atoms with van der Waals surface area (Å²) in [6, 6.07) is 13.4. The number of carbonyl (C=O) groups is 2. The fourth-order valence-corrected chi connectivity index (χ4v) is 3.94. The Bertz CT molecular complexity index is 966. The molecule has 1 aliphatic rings. The SMILES string of the molecule is COc1ccc(Br)cc1/C=C/C(=O)Nc1ccccc1N1CCN(C(=O)C(C)C)CC1. The molecule has 1 aliphatic heterocycles. The highest BCUT2D eigenvalue weighted by atomic mass is 79.9. The zero-order chi connectivity index (χ0) is 22.4. The highest BCUT2D eigenvalue weighted by molar-refractivity contribution is 9.10. The van der Waals surface area contributed by atoms with Gasteiger partial charge in [0.2, 0.25) is 11.8 Å². The van der Waals surface area contributed by atoms with Crippen molar-refractivity contribution < 1.29 is 14.3 Å². The number of piperazine rings is 1. The van der Waals surface area contributed by atoms with E-state index in [-0.39, 0.29) is 17.7 Å². The standard InChI is InChI=1S/C24H28BrN3O3/c1-17(2)24(30)28-14-12-27(13-15-28)21-7-5-4-6-20(21)26-23(29)11-8-18-16-19(25)9-10-22(18)31-3/h4-11,16-17H,12-15H2,1-3H3,(H,26,29)/b11-8+. The quantitative estimate of drug-likeness (QED) is 0.615. The molecule has 0 radical (unpaired) electrons. The van der Waals surface area contributed by atoms with Crippen LogP contribution in [0.5, 0.6) is 5.75 Å². The fraction of sp³-hybridized carbons (Fsp3) is 0.333. The Balaban J connectivity index is 1.68. The van der Waals surface area contributed by atoms with E-state index in [4.69, 9.17) is 4.74 Å². The molecule has 0 bridgehead atoms. The molecule has 3 rings (SSSR count). The lowest BCUT2D eigenvalue weighted by Crippen LogP contribution is -2.50. The van der Waals surface area contributed by atoms with E-state index in [2.05, 4.69) is 26.1 Å². The van der Waals surface area contributed by atoms with Gasteiger partial charge in [0.1, 0.15) is 5.75 Å². The van der Waals surface area contributed by atoms with Crippen LogP contribution in [0.2, 0.25) is 0 Å². The molecule has 2 aromatic carbocycles. The highest BCUT2D eigenvalue weighted by Gasteiger charge is 2.24. The van der Waals surface area contributed by atoms with Crippen LogP contribution in [0, 0.1) is 5.92 Å². The average molecular weight is 486 g/mol. The molecule has 0 aliphatic carbocycles. The summed E-state index contributed by atoms with van der Waals surface area (Å²) in [6.07, 6.45) is 3.23. The predicted molar refractivity (Wildman–Crippen MR) is 128 cm³/mol. The van der Waals surface area contributed by atoms with E-state index in [1.54, 1.807) is 13.2 Å². The highest BCUT2D eigenvalue weighted by Crippen LogP contribution is 2.27. The Morgan fingerprint density at radius 2 is 1.81 bits per heavy atom. The molecule has 31 heavy (non-hydrogen) atoms. The van der Waals surface area contributed by atoms with E-state index in [9.17, 15) is 9.59 Å². The number of halogens is 1. The summed E-state index contributed by atoms with van der Waals surface area (Å²) in [5, 5.41) is 2.98. The van der Waals surface area contributed by atoms with Crippen LogP contribution >= 0.6 is 15.9 Å². The van der Waals surface area contributed by atoms with E-state index in [0.29, 0.717) is 18.8 Å². The molecule has 1 N–H and O–H groups in total. The Kier molecular flexibility index (Phi) is 7.74. The van der Waals surface area contributed by atoms with Crippen LogP contribution in [-0.4, -0.2) is 50.0 Å². The first-order valence-electron chi connectivity index (χ1n) is 10.3. The number of nitrogens with one attached hydrogen (secondary N) is 1. The van der Waals surface area contributed by atoms with Crippen molar-refractivity contribution in [1.82, 2.24) is 4.90 Å². The number of amides is 2. The normalized spacial score (nSPS) is 14.2. The topological polar surface area (TPSA) is 61.9 Å². The second-order valence-corrected chi connectivity index (χ2v) is 8.61. The van der Waals surface area contributed by atoms with Crippen molar-refractivity contribution >= 4 is 45.2 Å². The van der Waals surface area contributed by atoms with Crippen molar-refractivity contribution in [2.24, 2.45) is 5.92 Å². The number of ether oxygens (including phenoxy) is 1. The van der Waals surface area contributed by atoms with Crippen LogP contribution in [0.3, 0.4) is 0 Å². The van der Waals surface area contributed by atoms with Crippen LogP contribution in [0.1, 0.15) is 19.4 Å². The van der Waals surface area contributed by atoms with Gasteiger partial charge in [0.25, 0.3) is 0 Å². The van der Waals surface area contributed by atoms with Crippen LogP contribution in [-0.2, 0) is 9.59 Å². The lowest BCUT2D eigenvalue weighted by molar-refractivity contribution is -0.134. The van der Waals surface area contributed by atoms with Crippen molar-refractivity contribution in [1.29, 1.82) is 0 Å². The molecule has 1 heterocycles. The summed E-state index contributed by atoms with van der Waals surface area (Å²) >= 11 is 3.44. The summed E-state index contributed by atoms with van der Waals surface area (Å²) in [7, 11) is 1.60. The maximum atomic E-state index is 12.6. The van der Waals surface area contributed by atoms with Gasteiger partial charge in [-0.3, -0.25) is 9.59 Å². The first-order chi connectivity index (χ1) is 14.9. The largest absolute Gasteiger partial charge is 0.496 e. The maximum Gasteiger partial charge on any atom is 0.248 e. The van der Waals surface area contributed by atoms with Gasteiger partial charge in [0.05, 0.1) is 18.5 Å². The lowest BCUT2D eigenvalue weighted by atomic mass is 10.1. The molecular weight excluding hydrogens is 458 g/mol. The first kappa shape index (κ1) is 22.9. The van der Waals surface area contributed by atoms with Crippen molar-refractivity contribution in [3.05, 3.63) is 58.6 Å². The minimum absolute atomic E-state index is 0.00812. The van der Waals surface area contributed by atoms with Crippen LogP contribution in [0.15, 0.2) is 53.0 Å². The first-order valence-corrected chi connectivity index (χ1v) is 11.1. The molecule has 0 atom stereocenters. The zero-order valence-corrected chi connectivity index (χ0v) is 19.7. The van der Waals surface area contributed by atoms with E-state index in [1.165, 1.54) is 6.08 Å². The molecule has 0 saturated carbocycles. The number of hydrogen-bond donors (Lipinski definition) is 1. The number of para-hydroxylation sites is 2. The Morgan fingerprint density at radius 1 is 1.10 bits per heavy atom. The summed E-state index contributed by atoms with van der Waals surface area (Å²) < 4.78 is 6.26. The third-order valence-electron chi connectivity index (χ3n) is 5.19. The number of rotatable bonds is 6. The molecular formula is C24H28BrN3O3. The van der Waals surface area contributed by atoms with Gasteiger partial charge in [-0.05, 0) is 36.4 Å². The number of anilines is 2. The monoisotopic (exact) mass is 485 g/mol. The third-order valence-corrected chi connectivity index (χ3v) is 5.69. The van der Waals surface area contributed by atoms with Gasteiger partial charge < -0.3 is 19.9 Å². The smallest absolute Gasteiger partial charge is 0.248 e. The number of carbonyl (C=O) groups excluding carboxylic acids is 2. The van der Waals surface area contributed by atoms with E-state index < -0.39 is 0 Å². The minimum Gasteiger partial charge on any atom is -0.496 e. The molecule has 2 aromatic rings. The van der Waals surface area contributed by atoms with Crippen LogP contribution in [0.4, 0.5) is 11.4 Å². The van der Waals surface area contributed by atoms with E-state index in [0.717, 1.165) is 34.5 Å². The maximum absolute atomic E-state index is 12.6. The van der Waals surface area contributed by atoms with Crippen molar-refractivity contribution in [3.63, 3.8) is 0 Å². The van der Waals surface area contributed by atoms with Crippen LogP contribution < -0.4 is 15.0 Å². The van der Waals surface area contributed by atoms with E-state index >= 15 is 0 Å². The average Bonchev–Trinajstić information content (AvgIpc) is 2.77. The van der Waals surface area contributed by atoms with Crippen LogP contribution in [0.25, 0.3) is 6.08 Å². The van der Waals surface area contributed by atoms with Gasteiger partial charge in [-0.2, -0.15) is 0 Å². The molecule has 0 spiro atoms. The summed E-state index contributed by atoms with van der Waals surface area (Å²) in [5.41, 5.74) is 2.52. The van der Waals surface area contributed by atoms with Gasteiger partial charge in [-0.15, -0.1) is 0 Å². The number of benzene rings is 2. The molecule has 2 amide bonds. The number of methoxy groups -OCH3 is 1. The van der Waals surface area contributed by atoms with Crippen molar-refractivity contribution in [2.45, 2.75) is 13.8 Å². The fourth-order valence-electron chi connectivity index (χ4n) is 3.56. The lowest BCUT2D eigenvalue weighted by Gasteiger charge is -2.37. The van der Waals surface area contributed by atoms with Gasteiger partial charge in [0.15, 0.2) is 0 Å². The number of hydrogen-bond acceptors (Lipinski definition) is 4. The summed E-state index contributed by atoms with van der Waals surface area (Å²) in [4.78, 5) is 29.0. The summed E-state index contributed by atoms with van der Waals surface area (Å²) in [6.45, 7) is 6.68. The van der Waals surface area contributed by atoms with Crippen molar-refractivity contribution in [2.75, 3.05) is 43.5 Å². The molecule has 7 heteroatoms. The second kappa shape index (κ2) is 10.5. The molecule has 1 saturated heterocycles. The Morgan fingerprint density at radius 3 is 2.48 bits per heavy atom. The number of nitrogens with zero attached hydrogens (tertiary/aromatic N) is 2. The second-order valence-electron chi connectivity index (χ2n) is 7.69. The van der Waals surface area contributed by atoms with E-state index in [1.807, 2.05) is 61.2 Å². The Hall–Kier alpha value is -2.80. The molecule has 6 nitrogen and oxygen atoms in total. The van der Waals surface area contributed by atoms with Gasteiger partial charge >= 0.3 is 0 Å². The zero-order valence-electron chi connectivity index (χ0n) is 18.1. The van der Waals surface area contributed by atoms with Gasteiger partial charge in [0, 0.05) is 48.2 Å². The molecule has 0 unspecified atom stereocenters. The third kappa shape index (κ3) is 5.88. The van der Waals surface area contributed by atoms with Gasteiger partial charge in [-0.1, -0.05) is 41.9 Å². The Labute approximate surface area is 192 Å². The summed E-state index contributed by atoms with van der Waals surface area (Å²) in [5.74, 6) is 0.674. The molecule has 164 valence electrons. The molecule has 1 fully saturated rings. The minimum atomic E-state index is -0.219. The predicted octanol–water partition coefficient (Wildman–Crippen LogP) is 4.41.